The molecule has 4 rings (SSSR count). The number of carbonyl (C=O) groups excluding carboxylic acids is 2. The number of nitrogens with one attached hydrogen (secondary N) is 2. The topological polar surface area (TPSA) is 117 Å². The summed E-state index contributed by atoms with van der Waals surface area (Å²) in [6.45, 7) is 6.68. The van der Waals surface area contributed by atoms with Crippen molar-refractivity contribution in [3.63, 3.8) is 0 Å². The summed E-state index contributed by atoms with van der Waals surface area (Å²) in [5, 5.41) is 15.8. The molecule has 10 heteroatoms. The van der Waals surface area contributed by atoms with E-state index in [0.717, 1.165) is 30.8 Å². The number of hydrogen-bond acceptors (Lipinski definition) is 6. The molecular weight excluding hydrogens is 534 g/mol. The smallest absolute Gasteiger partial charge is 0.341 e. The monoisotopic (exact) mass is 569 g/mol. The van der Waals surface area contributed by atoms with Gasteiger partial charge in [0.05, 0.1) is 35.0 Å². The van der Waals surface area contributed by atoms with Gasteiger partial charge < -0.3 is 30.1 Å². The summed E-state index contributed by atoms with van der Waals surface area (Å²) in [5.41, 5.74) is 3.95. The fourth-order valence-electron chi connectivity index (χ4n) is 5.43. The average Bonchev–Trinajstić information content (AvgIpc) is 3.58. The van der Waals surface area contributed by atoms with Crippen molar-refractivity contribution in [2.24, 2.45) is 5.92 Å². The molecular formula is C30H36ClN3O6. The van der Waals surface area contributed by atoms with E-state index in [2.05, 4.69) is 15.5 Å². The Morgan fingerprint density at radius 1 is 1.23 bits per heavy atom. The number of cyclic esters (lactones) is 1. The summed E-state index contributed by atoms with van der Waals surface area (Å²) in [4.78, 5) is 40.2. The van der Waals surface area contributed by atoms with Gasteiger partial charge in [0.15, 0.2) is 0 Å². The molecule has 40 heavy (non-hydrogen) atoms. The molecule has 9 nitrogen and oxygen atoms in total. The second-order valence-corrected chi connectivity index (χ2v) is 10.7. The van der Waals surface area contributed by atoms with E-state index < -0.39 is 23.9 Å². The Hall–Kier alpha value is -3.56. The van der Waals surface area contributed by atoms with Crippen molar-refractivity contribution >= 4 is 40.9 Å². The van der Waals surface area contributed by atoms with E-state index in [-0.39, 0.29) is 6.61 Å². The van der Waals surface area contributed by atoms with Gasteiger partial charge in [0.2, 0.25) is 0 Å². The lowest BCUT2D eigenvalue weighted by atomic mass is 9.92. The summed E-state index contributed by atoms with van der Waals surface area (Å²) in [7, 11) is 1.54. The number of halogens is 1. The molecule has 0 spiro atoms. The Morgan fingerprint density at radius 2 is 1.95 bits per heavy atom. The van der Waals surface area contributed by atoms with Gasteiger partial charge in [0, 0.05) is 11.1 Å². The van der Waals surface area contributed by atoms with Crippen LogP contribution < -0.4 is 15.4 Å². The van der Waals surface area contributed by atoms with Crippen molar-refractivity contribution in [3.05, 3.63) is 63.2 Å². The molecule has 0 radical (unpaired) electrons. The number of rotatable bonds is 11. The molecule has 1 atom stereocenters. The number of likely N-dealkylation sites (tertiary alicyclic amines) is 1. The van der Waals surface area contributed by atoms with Gasteiger partial charge in [0.1, 0.15) is 12.4 Å². The van der Waals surface area contributed by atoms with Crippen LogP contribution in [0.2, 0.25) is 5.02 Å². The first-order valence-electron chi connectivity index (χ1n) is 13.5. The number of nitrogens with zero attached hydrogens (tertiary/aromatic N) is 1. The molecule has 2 heterocycles. The number of benzene rings is 2. The molecule has 1 saturated heterocycles. The number of esters is 1. The lowest BCUT2D eigenvalue weighted by Crippen LogP contribution is -2.25. The van der Waals surface area contributed by atoms with Crippen molar-refractivity contribution in [1.29, 1.82) is 0 Å². The van der Waals surface area contributed by atoms with Gasteiger partial charge in [-0.3, -0.25) is 4.79 Å². The summed E-state index contributed by atoms with van der Waals surface area (Å²) in [6, 6.07) is 6.27. The zero-order chi connectivity index (χ0) is 28.8. The van der Waals surface area contributed by atoms with Crippen molar-refractivity contribution in [3.8, 4) is 5.75 Å². The number of carboxylic acid groups (broad SMARTS) is 1. The Kier molecular flexibility index (Phi) is 9.71. The van der Waals surface area contributed by atoms with Crippen LogP contribution in [0.1, 0.15) is 59.7 Å². The van der Waals surface area contributed by atoms with Gasteiger partial charge in [-0.25, -0.2) is 9.59 Å². The van der Waals surface area contributed by atoms with E-state index in [1.165, 1.54) is 12.8 Å². The molecule has 0 saturated carbocycles. The summed E-state index contributed by atoms with van der Waals surface area (Å²) >= 11 is 6.21. The molecule has 2 aliphatic heterocycles. The number of carboxylic acids is 1. The number of urea groups is 1. The third-order valence-corrected chi connectivity index (χ3v) is 7.93. The summed E-state index contributed by atoms with van der Waals surface area (Å²) < 4.78 is 11.1. The van der Waals surface area contributed by atoms with Crippen molar-refractivity contribution in [2.75, 3.05) is 37.4 Å². The highest BCUT2D eigenvalue weighted by Gasteiger charge is 2.33. The number of methoxy groups -OCH3 is 1. The largest absolute Gasteiger partial charge is 0.496 e. The van der Waals surface area contributed by atoms with Crippen molar-refractivity contribution in [2.45, 2.75) is 52.6 Å². The number of allylic oxidation sites excluding steroid dienone is 2. The second kappa shape index (κ2) is 13.2. The molecule has 2 aromatic carbocycles. The number of anilines is 2. The maximum Gasteiger partial charge on any atom is 0.341 e. The van der Waals surface area contributed by atoms with Crippen molar-refractivity contribution in [1.82, 2.24) is 4.90 Å². The molecule has 1 unspecified atom stereocenters. The van der Waals surface area contributed by atoms with E-state index in [9.17, 15) is 19.5 Å². The molecule has 2 aromatic rings. The van der Waals surface area contributed by atoms with Gasteiger partial charge in [-0.1, -0.05) is 35.4 Å². The van der Waals surface area contributed by atoms with Gasteiger partial charge in [-0.2, -0.15) is 0 Å². The third kappa shape index (κ3) is 6.77. The number of carbonyl (C=O) groups is 3. The maximum absolute atomic E-state index is 13.1. The molecule has 2 aliphatic rings. The summed E-state index contributed by atoms with van der Waals surface area (Å²) in [6.07, 6.45) is 5.58. The fourth-order valence-corrected chi connectivity index (χ4v) is 5.61. The Morgan fingerprint density at radius 3 is 2.62 bits per heavy atom. The normalized spacial score (nSPS) is 15.9. The molecule has 2 amide bonds. The van der Waals surface area contributed by atoms with Gasteiger partial charge >= 0.3 is 18.0 Å². The molecule has 0 aliphatic carbocycles. The number of hydrogen-bond donors (Lipinski definition) is 3. The lowest BCUT2D eigenvalue weighted by Gasteiger charge is -2.21. The predicted molar refractivity (Wildman–Crippen MR) is 154 cm³/mol. The SMILES string of the molecule is COc1c(C)c2c(c(NC(=O)Nc3ccccc3Cl)c1C/C=C(\C)CC(CCN1CCCC1)C(=O)O)C(=O)OC2. The van der Waals surface area contributed by atoms with Crippen LogP contribution in [0, 0.1) is 12.8 Å². The van der Waals surface area contributed by atoms with Gasteiger partial charge in [-0.15, -0.1) is 0 Å². The predicted octanol–water partition coefficient (Wildman–Crippen LogP) is 6.04. The van der Waals surface area contributed by atoms with Crippen LogP contribution in [0.3, 0.4) is 0 Å². The first kappa shape index (κ1) is 29.4. The zero-order valence-electron chi connectivity index (χ0n) is 23.1. The molecule has 0 bridgehead atoms. The Labute approximate surface area is 239 Å². The van der Waals surface area contributed by atoms with Gasteiger partial charge in [-0.05, 0) is 83.3 Å². The molecule has 3 N–H and O–H groups in total. The van der Waals surface area contributed by atoms with Crippen LogP contribution in [0.25, 0.3) is 0 Å². The third-order valence-electron chi connectivity index (χ3n) is 7.60. The minimum absolute atomic E-state index is 0.0869. The highest BCUT2D eigenvalue weighted by atomic mass is 35.5. The second-order valence-electron chi connectivity index (χ2n) is 10.3. The Balaban J connectivity index is 1.60. The van der Waals surface area contributed by atoms with E-state index in [0.29, 0.717) is 58.1 Å². The first-order valence-corrected chi connectivity index (χ1v) is 13.9. The number of ether oxygens (including phenoxy) is 2. The number of aliphatic carboxylic acids is 1. The minimum atomic E-state index is -0.806. The zero-order valence-corrected chi connectivity index (χ0v) is 23.9. The van der Waals surface area contributed by atoms with Crippen LogP contribution >= 0.6 is 11.6 Å². The molecule has 214 valence electrons. The van der Waals surface area contributed by atoms with E-state index in [1.807, 2.05) is 19.9 Å². The summed E-state index contributed by atoms with van der Waals surface area (Å²) in [5.74, 6) is -1.28. The molecule has 0 aromatic heterocycles. The van der Waals surface area contributed by atoms with Crippen LogP contribution in [0.4, 0.5) is 16.2 Å². The Bertz CT molecular complexity index is 1320. The van der Waals surface area contributed by atoms with E-state index >= 15 is 0 Å². The standard InChI is InChI=1S/C30H36ClN3O6/c1-18(16-20(28(35)36)12-15-34-13-6-7-14-34)10-11-21-26(33-30(38)32-24-9-5-4-8-23(24)31)25-22(17-40-29(25)37)19(2)27(21)39-3/h4-5,8-10,20H,6-7,11-17H2,1-3H3,(H,35,36)(H2,32,33,38)/b18-10+. The maximum atomic E-state index is 13.1. The molecule has 1 fully saturated rings. The number of fused-ring (bicyclic) bond motifs is 1. The van der Waals surface area contributed by atoms with Crippen LogP contribution in [-0.4, -0.2) is 54.7 Å². The average molecular weight is 570 g/mol. The number of para-hydroxylation sites is 1. The van der Waals surface area contributed by atoms with Crippen LogP contribution in [0.15, 0.2) is 35.9 Å². The van der Waals surface area contributed by atoms with Crippen LogP contribution in [-0.2, 0) is 22.6 Å². The van der Waals surface area contributed by atoms with Gasteiger partial charge in [0.25, 0.3) is 0 Å². The minimum Gasteiger partial charge on any atom is -0.496 e. The lowest BCUT2D eigenvalue weighted by molar-refractivity contribution is -0.142. The fraction of sp³-hybridized carbons (Fsp3) is 0.433. The first-order chi connectivity index (χ1) is 19.2. The highest BCUT2D eigenvalue weighted by Crippen LogP contribution is 2.41. The van der Waals surface area contributed by atoms with E-state index in [4.69, 9.17) is 21.1 Å². The number of amides is 2. The highest BCUT2D eigenvalue weighted by molar-refractivity contribution is 6.33. The van der Waals surface area contributed by atoms with Crippen LogP contribution in [0.5, 0.6) is 5.75 Å². The van der Waals surface area contributed by atoms with Crippen molar-refractivity contribution < 1.29 is 29.0 Å². The van der Waals surface area contributed by atoms with E-state index in [1.54, 1.807) is 31.4 Å². The quantitative estimate of drug-likeness (QED) is 0.223.